The number of amides is 3. The summed E-state index contributed by atoms with van der Waals surface area (Å²) in [6, 6.07) is 11.5. The predicted octanol–water partition coefficient (Wildman–Crippen LogP) is 3.41. The minimum atomic E-state index is -0.589. The van der Waals surface area contributed by atoms with Gasteiger partial charge in [0.05, 0.1) is 32.5 Å². The molecule has 2 heterocycles. The van der Waals surface area contributed by atoms with Crippen molar-refractivity contribution >= 4 is 46.6 Å². The second-order valence-corrected chi connectivity index (χ2v) is 6.84. The van der Waals surface area contributed by atoms with Crippen LogP contribution in [0.2, 0.25) is 10.0 Å². The molecule has 3 amide bonds. The lowest BCUT2D eigenvalue weighted by Crippen LogP contribution is -2.37. The summed E-state index contributed by atoms with van der Waals surface area (Å²) in [5.41, 5.74) is 1.41. The summed E-state index contributed by atoms with van der Waals surface area (Å²) >= 11 is 11.9. The van der Waals surface area contributed by atoms with Gasteiger partial charge in [0.2, 0.25) is 5.91 Å². The van der Waals surface area contributed by atoms with Crippen molar-refractivity contribution in [3.63, 3.8) is 0 Å². The van der Waals surface area contributed by atoms with Crippen LogP contribution in [0.25, 0.3) is 5.69 Å². The van der Waals surface area contributed by atoms with Crippen LogP contribution in [0, 0.1) is 0 Å². The third kappa shape index (κ3) is 3.15. The number of nitrogens with zero attached hydrogens (tertiary/aromatic N) is 3. The lowest BCUT2D eigenvalue weighted by atomic mass is 10.1. The van der Waals surface area contributed by atoms with Gasteiger partial charge in [-0.1, -0.05) is 35.3 Å². The summed E-state index contributed by atoms with van der Waals surface area (Å²) in [5.74, 6) is -1.70. The number of benzene rings is 2. The zero-order valence-electron chi connectivity index (χ0n) is 14.2. The molecule has 0 spiro atoms. The number of aromatic nitrogens is 2. The van der Waals surface area contributed by atoms with Crippen LogP contribution in [0.5, 0.6) is 0 Å². The van der Waals surface area contributed by atoms with Gasteiger partial charge in [-0.3, -0.25) is 19.3 Å². The highest BCUT2D eigenvalue weighted by atomic mass is 35.5. The van der Waals surface area contributed by atoms with Crippen LogP contribution in [-0.2, 0) is 4.79 Å². The Morgan fingerprint density at radius 3 is 2.25 bits per heavy atom. The number of hydrogen-bond acceptors (Lipinski definition) is 4. The molecule has 7 nitrogen and oxygen atoms in total. The zero-order chi connectivity index (χ0) is 19.8. The topological polar surface area (TPSA) is 84.3 Å². The Kier molecular flexibility index (Phi) is 4.62. The Bertz CT molecular complexity index is 1070. The molecule has 0 saturated heterocycles. The van der Waals surface area contributed by atoms with Gasteiger partial charge in [-0.25, -0.2) is 4.68 Å². The molecular formula is C19H12Cl2N4O3. The number of carbonyl (C=O) groups is 3. The third-order valence-corrected chi connectivity index (χ3v) is 4.96. The van der Waals surface area contributed by atoms with Crippen molar-refractivity contribution in [3.8, 4) is 5.69 Å². The molecule has 1 N–H and O–H groups in total. The molecular weight excluding hydrogens is 403 g/mol. The first-order valence-electron chi connectivity index (χ1n) is 8.20. The Labute approximate surface area is 169 Å². The summed E-state index contributed by atoms with van der Waals surface area (Å²) in [6.07, 6.45) is 3.36. The molecule has 0 saturated carbocycles. The molecule has 0 radical (unpaired) electrons. The second kappa shape index (κ2) is 7.10. The van der Waals surface area contributed by atoms with Crippen molar-refractivity contribution in [2.24, 2.45) is 0 Å². The molecule has 3 aromatic rings. The van der Waals surface area contributed by atoms with E-state index < -0.39 is 24.3 Å². The van der Waals surface area contributed by atoms with Crippen LogP contribution in [-0.4, -0.2) is 38.9 Å². The molecule has 1 aliphatic heterocycles. The fraction of sp³-hybridized carbons (Fsp3) is 0.0526. The number of rotatable bonds is 4. The van der Waals surface area contributed by atoms with Gasteiger partial charge < -0.3 is 5.32 Å². The SMILES string of the molecule is O=C(CN1C(=O)c2cc(Cl)c(Cl)cc2C1=O)Nc1ccccc1-n1cccn1. The van der Waals surface area contributed by atoms with Crippen LogP contribution in [0.3, 0.4) is 0 Å². The Balaban J connectivity index is 1.54. The number of fused-ring (bicyclic) bond motifs is 1. The standard InChI is InChI=1S/C19H12Cl2N4O3/c20-13-8-11-12(9-14(13)21)19(28)24(18(11)27)10-17(26)23-15-4-1-2-5-16(15)25-7-3-6-22-25/h1-9H,10H2,(H,23,26). The fourth-order valence-electron chi connectivity index (χ4n) is 2.95. The zero-order valence-corrected chi connectivity index (χ0v) is 15.7. The van der Waals surface area contributed by atoms with Crippen LogP contribution in [0.1, 0.15) is 20.7 Å². The van der Waals surface area contributed by atoms with Gasteiger partial charge in [0.25, 0.3) is 11.8 Å². The Morgan fingerprint density at radius 2 is 1.64 bits per heavy atom. The molecule has 4 rings (SSSR count). The molecule has 28 heavy (non-hydrogen) atoms. The fourth-order valence-corrected chi connectivity index (χ4v) is 3.28. The van der Waals surface area contributed by atoms with Gasteiger partial charge in [-0.05, 0) is 30.3 Å². The monoisotopic (exact) mass is 414 g/mol. The first kappa shape index (κ1) is 18.2. The van der Waals surface area contributed by atoms with E-state index >= 15 is 0 Å². The van der Waals surface area contributed by atoms with Crippen molar-refractivity contribution < 1.29 is 14.4 Å². The maximum atomic E-state index is 12.5. The number of imide groups is 1. The molecule has 0 unspecified atom stereocenters. The Morgan fingerprint density at radius 1 is 1.00 bits per heavy atom. The molecule has 1 aromatic heterocycles. The largest absolute Gasteiger partial charge is 0.323 e. The van der Waals surface area contributed by atoms with Crippen LogP contribution in [0.15, 0.2) is 54.9 Å². The minimum Gasteiger partial charge on any atom is -0.323 e. The van der Waals surface area contributed by atoms with E-state index in [1.165, 1.54) is 12.1 Å². The van der Waals surface area contributed by atoms with Crippen molar-refractivity contribution in [2.45, 2.75) is 0 Å². The highest BCUT2D eigenvalue weighted by Crippen LogP contribution is 2.31. The van der Waals surface area contributed by atoms with Crippen molar-refractivity contribution in [1.82, 2.24) is 14.7 Å². The maximum absolute atomic E-state index is 12.5. The number of hydrogen-bond donors (Lipinski definition) is 1. The van der Waals surface area contributed by atoms with Gasteiger partial charge in [0, 0.05) is 12.4 Å². The lowest BCUT2D eigenvalue weighted by molar-refractivity contribution is -0.116. The van der Waals surface area contributed by atoms with Crippen molar-refractivity contribution in [1.29, 1.82) is 0 Å². The summed E-state index contributed by atoms with van der Waals surface area (Å²) in [7, 11) is 0. The first-order chi connectivity index (χ1) is 13.5. The predicted molar refractivity (Wildman–Crippen MR) is 104 cm³/mol. The van der Waals surface area contributed by atoms with E-state index in [9.17, 15) is 14.4 Å². The molecule has 140 valence electrons. The average molecular weight is 415 g/mol. The molecule has 1 aliphatic rings. The smallest absolute Gasteiger partial charge is 0.262 e. The number of carbonyl (C=O) groups excluding carboxylic acids is 3. The molecule has 0 aliphatic carbocycles. The summed E-state index contributed by atoms with van der Waals surface area (Å²) in [6.45, 7) is -0.435. The van der Waals surface area contributed by atoms with Crippen LogP contribution >= 0.6 is 23.2 Å². The normalized spacial score (nSPS) is 13.0. The average Bonchev–Trinajstić information content (AvgIpc) is 3.28. The van der Waals surface area contributed by atoms with Gasteiger partial charge in [-0.2, -0.15) is 5.10 Å². The number of para-hydroxylation sites is 2. The van der Waals surface area contributed by atoms with E-state index in [-0.39, 0.29) is 21.2 Å². The van der Waals surface area contributed by atoms with E-state index in [1.54, 1.807) is 41.3 Å². The Hall–Kier alpha value is -3.16. The molecule has 0 bridgehead atoms. The second-order valence-electron chi connectivity index (χ2n) is 6.02. The summed E-state index contributed by atoms with van der Waals surface area (Å²) < 4.78 is 1.60. The van der Waals surface area contributed by atoms with Gasteiger partial charge in [0.15, 0.2) is 0 Å². The van der Waals surface area contributed by atoms with E-state index in [0.717, 1.165) is 4.90 Å². The molecule has 0 atom stereocenters. The highest BCUT2D eigenvalue weighted by molar-refractivity contribution is 6.43. The van der Waals surface area contributed by atoms with E-state index in [0.29, 0.717) is 11.4 Å². The van der Waals surface area contributed by atoms with E-state index in [4.69, 9.17) is 23.2 Å². The lowest BCUT2D eigenvalue weighted by Gasteiger charge is -2.15. The highest BCUT2D eigenvalue weighted by Gasteiger charge is 2.37. The number of halogens is 2. The number of nitrogens with one attached hydrogen (secondary N) is 1. The first-order valence-corrected chi connectivity index (χ1v) is 8.95. The van der Waals surface area contributed by atoms with Crippen LogP contribution < -0.4 is 5.32 Å². The van der Waals surface area contributed by atoms with Gasteiger partial charge >= 0.3 is 0 Å². The third-order valence-electron chi connectivity index (χ3n) is 4.24. The van der Waals surface area contributed by atoms with Crippen molar-refractivity contribution in [2.75, 3.05) is 11.9 Å². The summed E-state index contributed by atoms with van der Waals surface area (Å²) in [5, 5.41) is 7.20. The van der Waals surface area contributed by atoms with E-state index in [2.05, 4.69) is 10.4 Å². The van der Waals surface area contributed by atoms with Gasteiger partial charge in [-0.15, -0.1) is 0 Å². The minimum absolute atomic E-state index is 0.129. The molecule has 0 fully saturated rings. The molecule has 2 aromatic carbocycles. The van der Waals surface area contributed by atoms with E-state index in [1.807, 2.05) is 6.07 Å². The van der Waals surface area contributed by atoms with Gasteiger partial charge in [0.1, 0.15) is 6.54 Å². The van der Waals surface area contributed by atoms with Crippen molar-refractivity contribution in [3.05, 3.63) is 76.0 Å². The quantitative estimate of drug-likeness (QED) is 0.662. The summed E-state index contributed by atoms with van der Waals surface area (Å²) in [4.78, 5) is 38.4. The van der Waals surface area contributed by atoms with Crippen LogP contribution in [0.4, 0.5) is 5.69 Å². The molecule has 9 heteroatoms. The maximum Gasteiger partial charge on any atom is 0.262 e. The number of anilines is 1.